The lowest BCUT2D eigenvalue weighted by Gasteiger charge is -2.29. The first-order chi connectivity index (χ1) is 15.0. The van der Waals surface area contributed by atoms with Crippen LogP contribution in [0.5, 0.6) is 0 Å². The Bertz CT molecular complexity index is 1110. The lowest BCUT2D eigenvalue weighted by atomic mass is 10.0. The molecule has 1 fully saturated rings. The molecule has 10 heteroatoms. The van der Waals surface area contributed by atoms with E-state index in [1.54, 1.807) is 19.1 Å². The summed E-state index contributed by atoms with van der Waals surface area (Å²) in [7, 11) is 0. The third-order valence-electron chi connectivity index (χ3n) is 5.51. The van der Waals surface area contributed by atoms with E-state index in [-0.39, 0.29) is 29.9 Å². The van der Waals surface area contributed by atoms with E-state index in [9.17, 15) is 14.0 Å². The predicted octanol–water partition coefficient (Wildman–Crippen LogP) is 2.62. The monoisotopic (exact) mass is 444 g/mol. The van der Waals surface area contributed by atoms with E-state index in [1.807, 2.05) is 0 Å². The topological polar surface area (TPSA) is 95.9 Å². The maximum Gasteiger partial charge on any atom is 0.264 e. The zero-order valence-corrected chi connectivity index (χ0v) is 17.7. The van der Waals surface area contributed by atoms with Crippen LogP contribution >= 0.6 is 11.6 Å². The van der Waals surface area contributed by atoms with Gasteiger partial charge < -0.3 is 5.32 Å². The maximum atomic E-state index is 14.6. The summed E-state index contributed by atoms with van der Waals surface area (Å²) in [5.41, 5.74) is 1.01. The van der Waals surface area contributed by atoms with Gasteiger partial charge in [0, 0.05) is 23.2 Å². The molecule has 0 radical (unpaired) electrons. The number of carbonyl (C=O) groups is 1. The number of aromatic amines is 1. The van der Waals surface area contributed by atoms with Gasteiger partial charge in [-0.05, 0) is 51.1 Å². The van der Waals surface area contributed by atoms with Crippen molar-refractivity contribution < 1.29 is 9.18 Å². The van der Waals surface area contributed by atoms with Crippen molar-refractivity contribution >= 4 is 17.5 Å². The molecule has 1 aliphatic rings. The quantitative estimate of drug-likeness (QED) is 0.609. The van der Waals surface area contributed by atoms with Gasteiger partial charge in [0.15, 0.2) is 5.82 Å². The Kier molecular flexibility index (Phi) is 6.15. The van der Waals surface area contributed by atoms with E-state index in [2.05, 4.69) is 25.5 Å². The van der Waals surface area contributed by atoms with Crippen molar-refractivity contribution in [2.24, 2.45) is 0 Å². The molecule has 0 spiro atoms. The number of nitrogens with zero attached hydrogens (tertiary/aromatic N) is 4. The van der Waals surface area contributed by atoms with Crippen LogP contribution in [-0.4, -0.2) is 50.4 Å². The standard InChI is InChI=1S/C21H22ClFN6O2/c1-13-14(11-25-29(13)18-7-8-19(30)27-26-18)21(31)24-12-17(28-9-2-3-10-28)20-15(22)5-4-6-16(20)23/h4-8,11,17H,2-3,9-10,12H2,1H3,(H,24,31)(H,27,30). The molecule has 0 saturated carbocycles. The Morgan fingerprint density at radius 3 is 2.74 bits per heavy atom. The van der Waals surface area contributed by atoms with Gasteiger partial charge in [-0.3, -0.25) is 14.5 Å². The second-order valence-corrected chi connectivity index (χ2v) is 7.85. The average Bonchev–Trinajstić information content (AvgIpc) is 3.41. The molecule has 1 aliphatic heterocycles. The fourth-order valence-corrected chi connectivity index (χ4v) is 4.19. The summed E-state index contributed by atoms with van der Waals surface area (Å²) in [4.78, 5) is 26.3. The third kappa shape index (κ3) is 4.38. The number of carbonyl (C=O) groups excluding carboxylic acids is 1. The summed E-state index contributed by atoms with van der Waals surface area (Å²) in [5, 5.41) is 13.7. The van der Waals surface area contributed by atoms with Crippen LogP contribution in [-0.2, 0) is 0 Å². The minimum absolute atomic E-state index is 0.209. The summed E-state index contributed by atoms with van der Waals surface area (Å²) in [6.45, 7) is 3.58. The Balaban J connectivity index is 1.55. The Labute approximate surface area is 183 Å². The predicted molar refractivity (Wildman–Crippen MR) is 114 cm³/mol. The normalized spacial score (nSPS) is 15.2. The number of rotatable bonds is 6. The molecule has 2 aromatic heterocycles. The SMILES string of the molecule is Cc1c(C(=O)NCC(c2c(F)cccc2Cl)N2CCCC2)cnn1-c1ccc(=O)[nH]n1. The van der Waals surface area contributed by atoms with Crippen LogP contribution in [0.25, 0.3) is 5.82 Å². The van der Waals surface area contributed by atoms with E-state index in [0.717, 1.165) is 25.9 Å². The summed E-state index contributed by atoms with van der Waals surface area (Å²) < 4.78 is 16.1. The number of H-pyrrole nitrogens is 1. The van der Waals surface area contributed by atoms with Gasteiger partial charge in [-0.15, -0.1) is 0 Å². The smallest absolute Gasteiger partial charge is 0.264 e. The molecule has 4 rings (SSSR count). The molecule has 0 bridgehead atoms. The van der Waals surface area contributed by atoms with Gasteiger partial charge in [0.1, 0.15) is 5.82 Å². The fraction of sp³-hybridized carbons (Fsp3) is 0.333. The van der Waals surface area contributed by atoms with E-state index in [4.69, 9.17) is 11.6 Å². The lowest BCUT2D eigenvalue weighted by molar-refractivity contribution is 0.0936. The molecular weight excluding hydrogens is 423 g/mol. The number of likely N-dealkylation sites (tertiary alicyclic amines) is 1. The van der Waals surface area contributed by atoms with Crippen LogP contribution < -0.4 is 10.9 Å². The van der Waals surface area contributed by atoms with Crippen molar-refractivity contribution in [2.75, 3.05) is 19.6 Å². The number of benzene rings is 1. The lowest BCUT2D eigenvalue weighted by Crippen LogP contribution is -2.37. The van der Waals surface area contributed by atoms with Crippen molar-refractivity contribution in [3.63, 3.8) is 0 Å². The van der Waals surface area contributed by atoms with Crippen molar-refractivity contribution in [3.8, 4) is 5.82 Å². The van der Waals surface area contributed by atoms with Crippen molar-refractivity contribution in [1.29, 1.82) is 0 Å². The molecular formula is C21H22ClFN6O2. The number of nitrogens with one attached hydrogen (secondary N) is 2. The minimum Gasteiger partial charge on any atom is -0.350 e. The molecule has 2 N–H and O–H groups in total. The molecule has 8 nitrogen and oxygen atoms in total. The fourth-order valence-electron chi connectivity index (χ4n) is 3.90. The second-order valence-electron chi connectivity index (χ2n) is 7.44. The van der Waals surface area contributed by atoms with Crippen LogP contribution in [0, 0.1) is 12.7 Å². The second kappa shape index (κ2) is 8.99. The van der Waals surface area contributed by atoms with E-state index in [0.29, 0.717) is 27.7 Å². The molecule has 1 saturated heterocycles. The molecule has 162 valence electrons. The summed E-state index contributed by atoms with van der Waals surface area (Å²) in [5.74, 6) is -0.319. The zero-order chi connectivity index (χ0) is 22.0. The van der Waals surface area contributed by atoms with Gasteiger partial charge in [0.2, 0.25) is 0 Å². The molecule has 1 unspecified atom stereocenters. The van der Waals surface area contributed by atoms with Gasteiger partial charge in [-0.25, -0.2) is 14.2 Å². The van der Waals surface area contributed by atoms with Crippen molar-refractivity contribution in [1.82, 2.24) is 30.2 Å². The largest absolute Gasteiger partial charge is 0.350 e. The Morgan fingerprint density at radius 1 is 1.29 bits per heavy atom. The van der Waals surface area contributed by atoms with E-state index < -0.39 is 0 Å². The number of hydrogen-bond acceptors (Lipinski definition) is 5. The molecule has 0 aliphatic carbocycles. The maximum absolute atomic E-state index is 14.6. The average molecular weight is 445 g/mol. The van der Waals surface area contributed by atoms with Crippen LogP contribution in [0.3, 0.4) is 0 Å². The molecule has 1 atom stereocenters. The molecule has 1 aromatic carbocycles. The van der Waals surface area contributed by atoms with E-state index in [1.165, 1.54) is 29.1 Å². The number of halogens is 2. The molecule has 3 heterocycles. The first kappa shape index (κ1) is 21.2. The summed E-state index contributed by atoms with van der Waals surface area (Å²) in [6.07, 6.45) is 3.49. The van der Waals surface area contributed by atoms with Crippen LogP contribution in [0.2, 0.25) is 5.02 Å². The highest BCUT2D eigenvalue weighted by Crippen LogP contribution is 2.32. The summed E-state index contributed by atoms with van der Waals surface area (Å²) >= 11 is 6.32. The third-order valence-corrected chi connectivity index (χ3v) is 5.84. The first-order valence-corrected chi connectivity index (χ1v) is 10.4. The first-order valence-electron chi connectivity index (χ1n) is 10.0. The number of hydrogen-bond donors (Lipinski definition) is 2. The van der Waals surface area contributed by atoms with Crippen molar-refractivity contribution in [2.45, 2.75) is 25.8 Å². The molecule has 3 aromatic rings. The van der Waals surface area contributed by atoms with Crippen LogP contribution in [0.1, 0.15) is 40.5 Å². The molecule has 31 heavy (non-hydrogen) atoms. The van der Waals surface area contributed by atoms with Gasteiger partial charge in [-0.1, -0.05) is 17.7 Å². The van der Waals surface area contributed by atoms with Crippen LogP contribution in [0.15, 0.2) is 41.3 Å². The van der Waals surface area contributed by atoms with Crippen molar-refractivity contribution in [3.05, 3.63) is 74.5 Å². The molecule has 1 amide bonds. The van der Waals surface area contributed by atoms with Gasteiger partial charge in [0.25, 0.3) is 11.5 Å². The highest BCUT2D eigenvalue weighted by atomic mass is 35.5. The number of amides is 1. The Morgan fingerprint density at radius 2 is 2.06 bits per heavy atom. The Hall–Kier alpha value is -3.04. The van der Waals surface area contributed by atoms with Gasteiger partial charge in [0.05, 0.1) is 23.5 Å². The minimum atomic E-state index is -0.383. The highest BCUT2D eigenvalue weighted by molar-refractivity contribution is 6.31. The van der Waals surface area contributed by atoms with Crippen LogP contribution in [0.4, 0.5) is 4.39 Å². The van der Waals surface area contributed by atoms with E-state index >= 15 is 0 Å². The number of aromatic nitrogens is 4. The zero-order valence-electron chi connectivity index (χ0n) is 16.9. The van der Waals surface area contributed by atoms with Gasteiger partial charge >= 0.3 is 0 Å². The highest BCUT2D eigenvalue weighted by Gasteiger charge is 2.28. The van der Waals surface area contributed by atoms with Gasteiger partial charge in [-0.2, -0.15) is 10.2 Å². The summed E-state index contributed by atoms with van der Waals surface area (Å²) in [6, 6.07) is 7.11.